The molecule has 2 aromatic rings. The zero-order valence-corrected chi connectivity index (χ0v) is 14.8. The minimum atomic E-state index is 0.105. The summed E-state index contributed by atoms with van der Waals surface area (Å²) < 4.78 is 0. The first-order valence-electron chi connectivity index (χ1n) is 7.59. The predicted molar refractivity (Wildman–Crippen MR) is 92.2 cm³/mol. The Morgan fingerprint density at radius 1 is 1.24 bits per heavy atom. The molecule has 0 aliphatic heterocycles. The van der Waals surface area contributed by atoms with Gasteiger partial charge in [-0.2, -0.15) is 0 Å². The second kappa shape index (κ2) is 6.29. The second-order valence-electron chi connectivity index (χ2n) is 6.67. The molecule has 1 unspecified atom stereocenters. The fraction of sp³-hybridized carbons (Fsp3) is 0.500. The molecule has 0 radical (unpaired) electrons. The van der Waals surface area contributed by atoms with Crippen LogP contribution in [0.3, 0.4) is 0 Å². The maximum atomic E-state index is 4.90. The molecule has 1 N–H and O–H groups in total. The molecule has 1 atom stereocenters. The van der Waals surface area contributed by atoms with Gasteiger partial charge >= 0.3 is 0 Å². The average Bonchev–Trinajstić information content (AvgIpc) is 2.86. The molecule has 21 heavy (non-hydrogen) atoms. The predicted octanol–water partition coefficient (Wildman–Crippen LogP) is 4.76. The molecule has 0 aliphatic carbocycles. The monoisotopic (exact) mass is 302 g/mol. The minimum Gasteiger partial charge on any atom is -0.305 e. The lowest BCUT2D eigenvalue weighted by molar-refractivity contribution is 0.562. The van der Waals surface area contributed by atoms with Crippen molar-refractivity contribution in [3.05, 3.63) is 51.0 Å². The lowest BCUT2D eigenvalue weighted by Gasteiger charge is -2.19. The van der Waals surface area contributed by atoms with E-state index >= 15 is 0 Å². The van der Waals surface area contributed by atoms with Gasteiger partial charge in [0, 0.05) is 10.8 Å². The highest BCUT2D eigenvalue weighted by Crippen LogP contribution is 2.31. The number of hydrogen-bond donors (Lipinski definition) is 1. The number of aromatic nitrogens is 1. The Labute approximate surface area is 132 Å². The Morgan fingerprint density at radius 2 is 1.95 bits per heavy atom. The molecule has 0 spiro atoms. The molecule has 2 rings (SSSR count). The Hall–Kier alpha value is -1.19. The van der Waals surface area contributed by atoms with Crippen molar-refractivity contribution in [2.24, 2.45) is 0 Å². The van der Waals surface area contributed by atoms with Crippen LogP contribution in [0.1, 0.15) is 61.1 Å². The van der Waals surface area contributed by atoms with Gasteiger partial charge in [-0.05, 0) is 31.5 Å². The number of aryl methyl sites for hydroxylation is 2. The van der Waals surface area contributed by atoms with Gasteiger partial charge in [-0.15, -0.1) is 11.3 Å². The maximum Gasteiger partial charge on any atom is 0.114 e. The largest absolute Gasteiger partial charge is 0.305 e. The molecular formula is C18H26N2S. The third-order valence-corrected chi connectivity index (χ3v) is 4.59. The Kier molecular flexibility index (Phi) is 4.84. The maximum absolute atomic E-state index is 4.90. The van der Waals surface area contributed by atoms with Crippen molar-refractivity contribution in [3.8, 4) is 0 Å². The van der Waals surface area contributed by atoms with E-state index in [2.05, 4.69) is 70.4 Å². The zero-order valence-electron chi connectivity index (χ0n) is 13.9. The number of nitrogens with one attached hydrogen (secondary N) is 1. The van der Waals surface area contributed by atoms with Crippen molar-refractivity contribution < 1.29 is 0 Å². The molecule has 0 saturated carbocycles. The van der Waals surface area contributed by atoms with Crippen molar-refractivity contribution in [3.63, 3.8) is 0 Å². The summed E-state index contributed by atoms with van der Waals surface area (Å²) in [7, 11) is 0. The molecule has 114 valence electrons. The van der Waals surface area contributed by atoms with Crippen LogP contribution in [0.15, 0.2) is 23.6 Å². The number of nitrogens with zero attached hydrogens (tertiary/aromatic N) is 1. The fourth-order valence-corrected chi connectivity index (χ4v) is 3.58. The van der Waals surface area contributed by atoms with Gasteiger partial charge in [0.2, 0.25) is 0 Å². The molecule has 1 aromatic carbocycles. The quantitative estimate of drug-likeness (QED) is 0.881. The smallest absolute Gasteiger partial charge is 0.114 e. The van der Waals surface area contributed by atoms with E-state index in [0.717, 1.165) is 11.6 Å². The van der Waals surface area contributed by atoms with Crippen molar-refractivity contribution in [1.82, 2.24) is 10.3 Å². The first kappa shape index (κ1) is 16.2. The standard InChI is InChI=1S/C18H26N2S/c1-7-19-16(14-9-8-12(2)10-13(14)3)17-20-15(11-21-17)18(4,5)6/h8-11,16,19H,7H2,1-6H3. The van der Waals surface area contributed by atoms with Crippen molar-refractivity contribution in [1.29, 1.82) is 0 Å². The second-order valence-corrected chi connectivity index (χ2v) is 7.56. The molecule has 3 heteroatoms. The Balaban J connectivity index is 2.41. The highest BCUT2D eigenvalue weighted by Gasteiger charge is 2.22. The lowest BCUT2D eigenvalue weighted by atomic mass is 9.93. The van der Waals surface area contributed by atoms with E-state index in [9.17, 15) is 0 Å². The normalized spacial score (nSPS) is 13.4. The van der Waals surface area contributed by atoms with E-state index < -0.39 is 0 Å². The molecule has 2 nitrogen and oxygen atoms in total. The van der Waals surface area contributed by atoms with Gasteiger partial charge in [0.1, 0.15) is 5.01 Å². The van der Waals surface area contributed by atoms with Gasteiger partial charge in [-0.3, -0.25) is 0 Å². The van der Waals surface area contributed by atoms with Crippen LogP contribution >= 0.6 is 11.3 Å². The first-order valence-corrected chi connectivity index (χ1v) is 8.47. The lowest BCUT2D eigenvalue weighted by Crippen LogP contribution is -2.23. The van der Waals surface area contributed by atoms with Crippen LogP contribution in [0.5, 0.6) is 0 Å². The first-order chi connectivity index (χ1) is 9.82. The summed E-state index contributed by atoms with van der Waals surface area (Å²) in [5, 5.41) is 6.95. The minimum absolute atomic E-state index is 0.105. The van der Waals surface area contributed by atoms with Crippen molar-refractivity contribution >= 4 is 11.3 Å². The van der Waals surface area contributed by atoms with Crippen LogP contribution in [0, 0.1) is 13.8 Å². The van der Waals surface area contributed by atoms with Gasteiger partial charge in [-0.25, -0.2) is 4.98 Å². The summed E-state index contributed by atoms with van der Waals surface area (Å²) >= 11 is 1.76. The van der Waals surface area contributed by atoms with Crippen LogP contribution in [-0.2, 0) is 5.41 Å². The van der Waals surface area contributed by atoms with Crippen molar-refractivity contribution in [2.45, 2.75) is 53.0 Å². The summed E-state index contributed by atoms with van der Waals surface area (Å²) in [4.78, 5) is 4.90. The SMILES string of the molecule is CCNC(c1nc(C(C)(C)C)cs1)c1ccc(C)cc1C. The molecule has 0 aliphatic rings. The topological polar surface area (TPSA) is 24.9 Å². The fourth-order valence-electron chi connectivity index (χ4n) is 2.45. The van der Waals surface area contributed by atoms with Crippen LogP contribution in [0.25, 0.3) is 0 Å². The Bertz CT molecular complexity index is 608. The third kappa shape index (κ3) is 3.72. The van der Waals surface area contributed by atoms with Gasteiger partial charge in [-0.1, -0.05) is 51.5 Å². The average molecular weight is 302 g/mol. The van der Waals surface area contributed by atoms with Crippen LogP contribution in [-0.4, -0.2) is 11.5 Å². The summed E-state index contributed by atoms with van der Waals surface area (Å²) in [6, 6.07) is 6.86. The van der Waals surface area contributed by atoms with Crippen molar-refractivity contribution in [2.75, 3.05) is 6.54 Å². The number of rotatable bonds is 4. The third-order valence-electron chi connectivity index (χ3n) is 3.68. The number of thiazole rings is 1. The van der Waals surface area contributed by atoms with Crippen LogP contribution < -0.4 is 5.32 Å². The number of hydrogen-bond acceptors (Lipinski definition) is 3. The van der Waals surface area contributed by atoms with E-state index in [1.807, 2.05) is 0 Å². The summed E-state index contributed by atoms with van der Waals surface area (Å²) in [5.41, 5.74) is 5.25. The van der Waals surface area contributed by atoms with E-state index in [0.29, 0.717) is 0 Å². The van der Waals surface area contributed by atoms with E-state index in [1.54, 1.807) is 11.3 Å². The summed E-state index contributed by atoms with van der Waals surface area (Å²) in [6.45, 7) is 14.0. The molecule has 0 bridgehead atoms. The van der Waals surface area contributed by atoms with Gasteiger partial charge < -0.3 is 5.32 Å². The summed E-state index contributed by atoms with van der Waals surface area (Å²) in [5.74, 6) is 0. The summed E-state index contributed by atoms with van der Waals surface area (Å²) in [6.07, 6.45) is 0. The van der Waals surface area contributed by atoms with Crippen LogP contribution in [0.4, 0.5) is 0 Å². The highest BCUT2D eigenvalue weighted by atomic mass is 32.1. The van der Waals surface area contributed by atoms with Gasteiger partial charge in [0.15, 0.2) is 0 Å². The molecule has 1 aromatic heterocycles. The Morgan fingerprint density at radius 3 is 2.48 bits per heavy atom. The van der Waals surface area contributed by atoms with E-state index in [4.69, 9.17) is 4.98 Å². The molecular weight excluding hydrogens is 276 g/mol. The molecule has 1 heterocycles. The molecule has 0 fully saturated rings. The van der Waals surface area contributed by atoms with E-state index in [-0.39, 0.29) is 11.5 Å². The highest BCUT2D eigenvalue weighted by molar-refractivity contribution is 7.09. The molecule has 0 amide bonds. The number of benzene rings is 1. The van der Waals surface area contributed by atoms with E-state index in [1.165, 1.54) is 22.4 Å². The van der Waals surface area contributed by atoms with Crippen LogP contribution in [0.2, 0.25) is 0 Å². The van der Waals surface area contributed by atoms with Gasteiger partial charge in [0.25, 0.3) is 0 Å². The zero-order chi connectivity index (χ0) is 15.6. The van der Waals surface area contributed by atoms with Gasteiger partial charge in [0.05, 0.1) is 11.7 Å². The molecule has 0 saturated heterocycles.